The molecule has 0 amide bonds. The summed E-state index contributed by atoms with van der Waals surface area (Å²) in [5.41, 5.74) is 0.231. The van der Waals surface area contributed by atoms with Crippen LogP contribution in [-0.2, 0) is 9.45 Å². The van der Waals surface area contributed by atoms with Gasteiger partial charge in [0.05, 0.1) is 0 Å². The molecule has 0 saturated carbocycles. The smallest absolute Gasteiger partial charge is 0.351 e. The maximum atomic E-state index is 10.1. The third-order valence-electron chi connectivity index (χ3n) is 0.788. The summed E-state index contributed by atoms with van der Waals surface area (Å²) < 4.78 is 4.71. The molecule has 1 aliphatic heterocycles. The zero-order chi connectivity index (χ0) is 4.41. The first-order chi connectivity index (χ1) is 2.89. The van der Waals surface area contributed by atoms with Gasteiger partial charge in [-0.3, -0.25) is 0 Å². The van der Waals surface area contributed by atoms with Gasteiger partial charge in [-0.2, -0.15) is 0 Å². The van der Waals surface area contributed by atoms with Gasteiger partial charge >= 0.3 is 7.48 Å². The number of hydrogen-bond acceptors (Lipinski definition) is 2. The highest BCUT2D eigenvalue weighted by Crippen LogP contribution is 1.91. The summed E-state index contributed by atoms with van der Waals surface area (Å²) in [6.07, 6.45) is 0.625. The van der Waals surface area contributed by atoms with Crippen molar-refractivity contribution < 1.29 is 9.45 Å². The first kappa shape index (κ1) is 3.87. The lowest BCUT2D eigenvalue weighted by molar-refractivity contribution is -0.111. The fourth-order valence-corrected chi connectivity index (χ4v) is 0.444. The second kappa shape index (κ2) is 1.43. The molecular weight excluding hydrogens is 78.8 g/mol. The van der Waals surface area contributed by atoms with Crippen LogP contribution in [0.25, 0.3) is 0 Å². The summed E-state index contributed by atoms with van der Waals surface area (Å²) in [5.74, 6) is 0. The van der Waals surface area contributed by atoms with E-state index < -0.39 is 0 Å². The molecule has 1 aliphatic rings. The van der Waals surface area contributed by atoms with Crippen molar-refractivity contribution in [2.45, 2.75) is 6.42 Å². The van der Waals surface area contributed by atoms with E-state index in [1.54, 1.807) is 0 Å². The Balaban J connectivity index is 2.37. The summed E-state index contributed by atoms with van der Waals surface area (Å²) >= 11 is 0. The normalized spacial score (nSPS) is 21.0. The predicted octanol–water partition coefficient (Wildman–Crippen LogP) is -0.715. The second-order valence-electron chi connectivity index (χ2n) is 1.34. The Morgan fingerprint density at radius 2 is 2.67 bits per heavy atom. The van der Waals surface area contributed by atoms with Crippen LogP contribution in [0.3, 0.4) is 0 Å². The zero-order valence-corrected chi connectivity index (χ0v) is 3.44. The van der Waals surface area contributed by atoms with Gasteiger partial charge in [-0.25, -0.2) is 0 Å². The number of carbonyl (C=O) groups excluding carboxylic acids is 1. The molecule has 0 bridgehead atoms. The highest BCUT2D eigenvalue weighted by atomic mass is 16.4. The van der Waals surface area contributed by atoms with E-state index in [0.29, 0.717) is 20.5 Å². The minimum Gasteiger partial charge on any atom is -0.431 e. The van der Waals surface area contributed by atoms with Crippen molar-refractivity contribution in [3.8, 4) is 0 Å². The van der Waals surface area contributed by atoms with Crippen LogP contribution < -0.4 is 0 Å². The monoisotopic (exact) mass is 84.0 g/mol. The maximum Gasteiger partial charge on any atom is 0.351 e. The molecule has 0 aliphatic carbocycles. The van der Waals surface area contributed by atoms with E-state index in [0.717, 1.165) is 0 Å². The quantitative estimate of drug-likeness (QED) is 0.362. The number of carbonyl (C=O) groups is 1. The van der Waals surface area contributed by atoms with Gasteiger partial charge in [-0.15, -0.1) is 0 Å². The largest absolute Gasteiger partial charge is 0.431 e. The van der Waals surface area contributed by atoms with Crippen molar-refractivity contribution in [3.63, 3.8) is 0 Å². The van der Waals surface area contributed by atoms with Gasteiger partial charge in [-0.05, 0) is 0 Å². The van der Waals surface area contributed by atoms with Crippen LogP contribution in [0.1, 0.15) is 6.42 Å². The fraction of sp³-hybridized carbons (Fsp3) is 0.667. The lowest BCUT2D eigenvalue weighted by atomic mass is 9.95. The van der Waals surface area contributed by atoms with Gasteiger partial charge in [0, 0.05) is 13.0 Å². The molecule has 0 N–H and O–H groups in total. The molecule has 1 heterocycles. The van der Waals surface area contributed by atoms with Crippen molar-refractivity contribution >= 4 is 13.2 Å². The molecule has 1 saturated heterocycles. The first-order valence-corrected chi connectivity index (χ1v) is 1.99. The average molecular weight is 83.9 g/mol. The molecule has 0 radical (unpaired) electrons. The molecule has 2 nitrogen and oxygen atoms in total. The van der Waals surface area contributed by atoms with E-state index in [4.69, 9.17) is 4.65 Å². The summed E-state index contributed by atoms with van der Waals surface area (Å²) in [4.78, 5) is 10.1. The minimum absolute atomic E-state index is 0.231. The van der Waals surface area contributed by atoms with E-state index in [-0.39, 0.29) is 5.68 Å². The lowest BCUT2D eigenvalue weighted by Crippen LogP contribution is -1.97. The van der Waals surface area contributed by atoms with Gasteiger partial charge in [0.15, 0.2) is 0 Å². The summed E-state index contributed by atoms with van der Waals surface area (Å²) in [5, 5.41) is 0. The molecule has 32 valence electrons. The van der Waals surface area contributed by atoms with E-state index in [9.17, 15) is 4.79 Å². The number of rotatable bonds is 0. The van der Waals surface area contributed by atoms with Gasteiger partial charge < -0.3 is 9.45 Å². The molecule has 0 aromatic carbocycles. The number of hydrogen-bond donors (Lipinski definition) is 0. The standard InChI is InChI=1S/C3H5BO2/c5-3-1-2-6-4-3/h4H,1-2H2. The SMILES string of the molecule is O=C1BOCC1. The van der Waals surface area contributed by atoms with Crippen molar-refractivity contribution in [1.29, 1.82) is 0 Å². The first-order valence-electron chi connectivity index (χ1n) is 1.99. The third-order valence-corrected chi connectivity index (χ3v) is 0.788. The molecule has 6 heavy (non-hydrogen) atoms. The molecule has 1 fully saturated rings. The van der Waals surface area contributed by atoms with Gasteiger partial charge in [-0.1, -0.05) is 0 Å². The van der Waals surface area contributed by atoms with E-state index in [1.807, 2.05) is 0 Å². The maximum absolute atomic E-state index is 10.1. The Morgan fingerprint density at radius 1 is 1.83 bits per heavy atom. The van der Waals surface area contributed by atoms with Gasteiger partial charge in [0.25, 0.3) is 0 Å². The Kier molecular flexibility index (Phi) is 0.923. The van der Waals surface area contributed by atoms with Crippen LogP contribution >= 0.6 is 0 Å². The van der Waals surface area contributed by atoms with Crippen molar-refractivity contribution in [1.82, 2.24) is 0 Å². The topological polar surface area (TPSA) is 26.3 Å². The van der Waals surface area contributed by atoms with Crippen molar-refractivity contribution in [3.05, 3.63) is 0 Å². The second-order valence-corrected chi connectivity index (χ2v) is 1.34. The van der Waals surface area contributed by atoms with E-state index in [2.05, 4.69) is 0 Å². The summed E-state index contributed by atoms with van der Waals surface area (Å²) in [6.45, 7) is 0.638. The zero-order valence-electron chi connectivity index (χ0n) is 3.44. The predicted molar refractivity (Wildman–Crippen MR) is 22.7 cm³/mol. The summed E-state index contributed by atoms with van der Waals surface area (Å²) in [6, 6.07) is 0. The molecule has 3 heteroatoms. The van der Waals surface area contributed by atoms with Crippen LogP contribution in [0.5, 0.6) is 0 Å². The molecule has 0 atom stereocenters. The molecule has 1 rings (SSSR count). The van der Waals surface area contributed by atoms with Crippen LogP contribution in [-0.4, -0.2) is 19.8 Å². The van der Waals surface area contributed by atoms with E-state index in [1.165, 1.54) is 0 Å². The Hall–Kier alpha value is -0.305. The fourth-order valence-electron chi connectivity index (χ4n) is 0.444. The third kappa shape index (κ3) is 0.599. The average Bonchev–Trinajstić information content (AvgIpc) is 1.86. The van der Waals surface area contributed by atoms with Crippen molar-refractivity contribution in [2.75, 3.05) is 6.61 Å². The van der Waals surface area contributed by atoms with Crippen LogP contribution in [0.4, 0.5) is 0 Å². The van der Waals surface area contributed by atoms with Crippen LogP contribution in [0.15, 0.2) is 0 Å². The Bertz CT molecular complexity index is 63.2. The van der Waals surface area contributed by atoms with Crippen molar-refractivity contribution in [2.24, 2.45) is 0 Å². The van der Waals surface area contributed by atoms with Crippen LogP contribution in [0, 0.1) is 0 Å². The van der Waals surface area contributed by atoms with Gasteiger partial charge in [0.1, 0.15) is 5.68 Å². The molecule has 0 aromatic heterocycles. The molecular formula is C3H5BO2. The molecule has 0 spiro atoms. The Morgan fingerprint density at radius 3 is 2.83 bits per heavy atom. The Labute approximate surface area is 36.8 Å². The van der Waals surface area contributed by atoms with Gasteiger partial charge in [0.2, 0.25) is 0 Å². The molecule has 0 unspecified atom stereocenters. The minimum atomic E-state index is 0.231. The van der Waals surface area contributed by atoms with E-state index >= 15 is 0 Å². The highest BCUT2D eigenvalue weighted by molar-refractivity contribution is 6.70. The summed E-state index contributed by atoms with van der Waals surface area (Å²) in [7, 11) is 0.347. The lowest BCUT2D eigenvalue weighted by Gasteiger charge is -1.74. The molecule has 0 aromatic rings. The van der Waals surface area contributed by atoms with Crippen LogP contribution in [0.2, 0.25) is 0 Å². The highest BCUT2D eigenvalue weighted by Gasteiger charge is 2.10.